The highest BCUT2D eigenvalue weighted by Crippen LogP contribution is 2.06. The summed E-state index contributed by atoms with van der Waals surface area (Å²) in [5, 5.41) is 26.8. The second-order valence-electron chi connectivity index (χ2n) is 2.68. The third-order valence-electron chi connectivity index (χ3n) is 1.63. The van der Waals surface area contributed by atoms with Crippen molar-refractivity contribution in [2.24, 2.45) is 0 Å². The van der Waals surface area contributed by atoms with Crippen molar-refractivity contribution in [1.29, 1.82) is 0 Å². The van der Waals surface area contributed by atoms with Gasteiger partial charge >= 0.3 is 0 Å². The molecule has 1 rings (SSSR count). The Morgan fingerprint density at radius 2 is 1.92 bits per heavy atom. The second-order valence-corrected chi connectivity index (χ2v) is 2.68. The first-order valence-electron chi connectivity index (χ1n) is 3.98. The lowest BCUT2D eigenvalue weighted by Gasteiger charge is -2.05. The number of benzene rings is 1. The van der Waals surface area contributed by atoms with Gasteiger partial charge in [-0.05, 0) is 11.6 Å². The fraction of sp³-hybridized carbons (Fsp3) is 0.200. The Bertz CT molecular complexity index is 279. The van der Waals surface area contributed by atoms with Crippen molar-refractivity contribution >= 4 is 6.08 Å². The van der Waals surface area contributed by atoms with Gasteiger partial charge in [-0.15, -0.1) is 0 Å². The van der Waals surface area contributed by atoms with E-state index in [4.69, 9.17) is 10.2 Å². The lowest BCUT2D eigenvalue weighted by molar-refractivity contribution is 0.0888. The zero-order chi connectivity index (χ0) is 9.68. The summed E-state index contributed by atoms with van der Waals surface area (Å²) in [5.41, 5.74) is 0.785. The predicted octanol–water partition coefficient (Wildman–Crippen LogP) is 0.939. The molecule has 0 fully saturated rings. The Morgan fingerprint density at radius 1 is 1.31 bits per heavy atom. The maximum Gasteiger partial charge on any atom is 0.134 e. The maximum absolute atomic E-state index is 9.22. The standard InChI is InChI=1S/C10H12O3/c11-7-10(13)9(12)6-8-4-2-1-3-5-8/h1-6,10-13H,7H2/b9-6-. The van der Waals surface area contributed by atoms with Gasteiger partial charge in [0.2, 0.25) is 0 Å². The summed E-state index contributed by atoms with van der Waals surface area (Å²) < 4.78 is 0. The molecule has 0 amide bonds. The van der Waals surface area contributed by atoms with Gasteiger partial charge in [0.15, 0.2) is 0 Å². The fourth-order valence-electron chi connectivity index (χ4n) is 0.910. The van der Waals surface area contributed by atoms with Crippen LogP contribution in [0.5, 0.6) is 0 Å². The molecule has 0 saturated heterocycles. The van der Waals surface area contributed by atoms with Crippen molar-refractivity contribution in [3.05, 3.63) is 41.7 Å². The van der Waals surface area contributed by atoms with Gasteiger partial charge in [-0.25, -0.2) is 0 Å². The summed E-state index contributed by atoms with van der Waals surface area (Å²) in [4.78, 5) is 0. The maximum atomic E-state index is 9.22. The monoisotopic (exact) mass is 180 g/mol. The van der Waals surface area contributed by atoms with Crippen LogP contribution < -0.4 is 0 Å². The van der Waals surface area contributed by atoms with E-state index in [0.29, 0.717) is 0 Å². The molecule has 0 bridgehead atoms. The first kappa shape index (κ1) is 9.77. The number of aliphatic hydroxyl groups excluding tert-OH is 3. The molecule has 0 aromatic heterocycles. The summed E-state index contributed by atoms with van der Waals surface area (Å²) in [5.74, 6) is -0.228. The third-order valence-corrected chi connectivity index (χ3v) is 1.63. The van der Waals surface area contributed by atoms with Crippen LogP contribution in [0.4, 0.5) is 0 Å². The van der Waals surface area contributed by atoms with Crippen LogP contribution in [0.3, 0.4) is 0 Å². The van der Waals surface area contributed by atoms with Crippen LogP contribution in [0.25, 0.3) is 6.08 Å². The zero-order valence-electron chi connectivity index (χ0n) is 7.09. The zero-order valence-corrected chi connectivity index (χ0v) is 7.09. The molecule has 0 radical (unpaired) electrons. The highest BCUT2D eigenvalue weighted by atomic mass is 16.3. The molecule has 3 heteroatoms. The quantitative estimate of drug-likeness (QED) is 0.606. The second kappa shape index (κ2) is 4.64. The molecule has 0 aliphatic rings. The molecule has 1 aromatic carbocycles. The van der Waals surface area contributed by atoms with Gasteiger partial charge in [0.05, 0.1) is 6.61 Å². The molecule has 3 nitrogen and oxygen atoms in total. The highest BCUT2D eigenvalue weighted by molar-refractivity contribution is 5.51. The Kier molecular flexibility index (Phi) is 3.49. The van der Waals surface area contributed by atoms with Gasteiger partial charge in [-0.1, -0.05) is 30.3 Å². The SMILES string of the molecule is OCC(O)/C(O)=C/c1ccccc1. The molecular weight excluding hydrogens is 168 g/mol. The summed E-state index contributed by atoms with van der Waals surface area (Å²) in [6, 6.07) is 9.09. The van der Waals surface area contributed by atoms with Crippen molar-refractivity contribution in [3.63, 3.8) is 0 Å². The van der Waals surface area contributed by atoms with Crippen LogP contribution in [0.15, 0.2) is 36.1 Å². The van der Waals surface area contributed by atoms with Gasteiger partial charge < -0.3 is 15.3 Å². The average Bonchev–Trinajstić information content (AvgIpc) is 2.18. The van der Waals surface area contributed by atoms with Gasteiger partial charge in [-0.2, -0.15) is 0 Å². The molecule has 0 spiro atoms. The minimum atomic E-state index is -1.19. The van der Waals surface area contributed by atoms with E-state index in [-0.39, 0.29) is 5.76 Å². The van der Waals surface area contributed by atoms with E-state index in [2.05, 4.69) is 0 Å². The number of hydrogen-bond acceptors (Lipinski definition) is 3. The van der Waals surface area contributed by atoms with Crippen LogP contribution in [-0.4, -0.2) is 28.0 Å². The van der Waals surface area contributed by atoms with Crippen molar-refractivity contribution in [3.8, 4) is 0 Å². The van der Waals surface area contributed by atoms with E-state index in [1.54, 1.807) is 12.1 Å². The van der Waals surface area contributed by atoms with E-state index in [9.17, 15) is 5.11 Å². The largest absolute Gasteiger partial charge is 0.509 e. The molecule has 1 unspecified atom stereocenters. The minimum absolute atomic E-state index is 0.228. The van der Waals surface area contributed by atoms with Crippen molar-refractivity contribution in [2.75, 3.05) is 6.61 Å². The molecule has 0 aliphatic heterocycles. The van der Waals surface area contributed by atoms with E-state index < -0.39 is 12.7 Å². The van der Waals surface area contributed by atoms with Crippen LogP contribution in [0.1, 0.15) is 5.56 Å². The van der Waals surface area contributed by atoms with E-state index in [1.165, 1.54) is 6.08 Å². The Hall–Kier alpha value is -1.32. The first-order chi connectivity index (χ1) is 6.24. The smallest absolute Gasteiger partial charge is 0.134 e. The van der Waals surface area contributed by atoms with Gasteiger partial charge in [0, 0.05) is 0 Å². The highest BCUT2D eigenvalue weighted by Gasteiger charge is 2.06. The summed E-state index contributed by atoms with van der Waals surface area (Å²) >= 11 is 0. The minimum Gasteiger partial charge on any atom is -0.509 e. The molecule has 70 valence electrons. The lowest BCUT2D eigenvalue weighted by atomic mass is 10.2. The van der Waals surface area contributed by atoms with Crippen molar-refractivity contribution in [2.45, 2.75) is 6.10 Å². The van der Waals surface area contributed by atoms with Crippen molar-refractivity contribution in [1.82, 2.24) is 0 Å². The van der Waals surface area contributed by atoms with Gasteiger partial charge in [0.25, 0.3) is 0 Å². The van der Waals surface area contributed by atoms with E-state index >= 15 is 0 Å². The average molecular weight is 180 g/mol. The molecule has 1 atom stereocenters. The van der Waals surface area contributed by atoms with Crippen LogP contribution in [-0.2, 0) is 0 Å². The number of rotatable bonds is 3. The topological polar surface area (TPSA) is 60.7 Å². The van der Waals surface area contributed by atoms with Crippen LogP contribution in [0.2, 0.25) is 0 Å². The molecule has 1 aromatic rings. The molecule has 3 N–H and O–H groups in total. The Balaban J connectivity index is 2.77. The van der Waals surface area contributed by atoms with Gasteiger partial charge in [0.1, 0.15) is 11.9 Å². The van der Waals surface area contributed by atoms with Gasteiger partial charge in [-0.3, -0.25) is 0 Å². The first-order valence-corrected chi connectivity index (χ1v) is 3.98. The third kappa shape index (κ3) is 2.89. The molecule has 0 heterocycles. The number of aliphatic hydroxyl groups is 3. The number of hydrogen-bond donors (Lipinski definition) is 3. The van der Waals surface area contributed by atoms with Crippen molar-refractivity contribution < 1.29 is 15.3 Å². The summed E-state index contributed by atoms with van der Waals surface area (Å²) in [6.07, 6.45) is 0.223. The van der Waals surface area contributed by atoms with Crippen LogP contribution >= 0.6 is 0 Å². The fourth-order valence-corrected chi connectivity index (χ4v) is 0.910. The van der Waals surface area contributed by atoms with E-state index in [0.717, 1.165) is 5.56 Å². The molecular formula is C10H12O3. The summed E-state index contributed by atoms with van der Waals surface area (Å²) in [6.45, 7) is -0.477. The Labute approximate surface area is 76.6 Å². The predicted molar refractivity (Wildman–Crippen MR) is 50.1 cm³/mol. The van der Waals surface area contributed by atoms with Crippen LogP contribution in [0, 0.1) is 0 Å². The summed E-state index contributed by atoms with van der Waals surface area (Å²) in [7, 11) is 0. The molecule has 0 aliphatic carbocycles. The normalized spacial score (nSPS) is 14.2. The molecule has 0 saturated carbocycles. The Morgan fingerprint density at radius 3 is 2.46 bits per heavy atom. The molecule has 13 heavy (non-hydrogen) atoms. The lowest BCUT2D eigenvalue weighted by Crippen LogP contribution is -2.14. The van der Waals surface area contributed by atoms with E-state index in [1.807, 2.05) is 18.2 Å².